The Bertz CT molecular complexity index is 530. The Morgan fingerprint density at radius 3 is 2.65 bits per heavy atom. The van der Waals surface area contributed by atoms with Gasteiger partial charge >= 0.3 is 6.03 Å². The fourth-order valence-corrected chi connectivity index (χ4v) is 2.38. The summed E-state index contributed by atoms with van der Waals surface area (Å²) in [6.07, 6.45) is 0.813. The summed E-state index contributed by atoms with van der Waals surface area (Å²) in [6.45, 7) is 5.49. The zero-order chi connectivity index (χ0) is 14.8. The molecular weight excluding hydrogens is 252 g/mol. The van der Waals surface area contributed by atoms with Crippen molar-refractivity contribution in [3.8, 4) is 6.07 Å². The minimum atomic E-state index is -0.116. The van der Waals surface area contributed by atoms with E-state index in [1.54, 1.807) is 29.2 Å². The monoisotopic (exact) mass is 272 g/mol. The van der Waals surface area contributed by atoms with Crippen LogP contribution < -0.4 is 11.1 Å². The lowest BCUT2D eigenvalue weighted by Gasteiger charge is -2.42. The predicted molar refractivity (Wildman–Crippen MR) is 78.1 cm³/mol. The van der Waals surface area contributed by atoms with Gasteiger partial charge in [0.15, 0.2) is 0 Å². The van der Waals surface area contributed by atoms with E-state index < -0.39 is 0 Å². The van der Waals surface area contributed by atoms with E-state index in [0.29, 0.717) is 24.3 Å². The molecule has 0 bridgehead atoms. The van der Waals surface area contributed by atoms with E-state index in [1.807, 2.05) is 6.07 Å². The number of hydrogen-bond acceptors (Lipinski definition) is 3. The van der Waals surface area contributed by atoms with Gasteiger partial charge in [0.05, 0.1) is 11.6 Å². The standard InChI is InChI=1S/C15H20N4O/c1-15(2)10-19(8-7-13(15)17)14(20)18-12-5-3-11(9-16)4-6-12/h3-6,13H,7-8,10,17H2,1-2H3,(H,18,20). The molecule has 3 N–H and O–H groups in total. The van der Waals surface area contributed by atoms with Crippen LogP contribution in [0, 0.1) is 16.7 Å². The molecule has 1 atom stereocenters. The van der Waals surface area contributed by atoms with Crippen LogP contribution in [0.4, 0.5) is 10.5 Å². The lowest BCUT2D eigenvalue weighted by molar-refractivity contribution is 0.118. The number of nitrogens with one attached hydrogen (secondary N) is 1. The smallest absolute Gasteiger partial charge is 0.321 e. The lowest BCUT2D eigenvalue weighted by Crippen LogP contribution is -2.54. The molecule has 1 saturated heterocycles. The Morgan fingerprint density at radius 1 is 1.45 bits per heavy atom. The molecule has 2 amide bonds. The third-order valence-corrected chi connectivity index (χ3v) is 3.86. The Hall–Kier alpha value is -2.06. The SMILES string of the molecule is CC1(C)CN(C(=O)Nc2ccc(C#N)cc2)CCC1N. The van der Waals surface area contributed by atoms with Crippen molar-refractivity contribution >= 4 is 11.7 Å². The van der Waals surface area contributed by atoms with Crippen molar-refractivity contribution < 1.29 is 4.79 Å². The van der Waals surface area contributed by atoms with Gasteiger partial charge in [-0.2, -0.15) is 5.26 Å². The predicted octanol–water partition coefficient (Wildman–Crippen LogP) is 2.15. The first kappa shape index (κ1) is 14.4. The van der Waals surface area contributed by atoms with Crippen LogP contribution in [-0.4, -0.2) is 30.1 Å². The van der Waals surface area contributed by atoms with Crippen molar-refractivity contribution in [3.63, 3.8) is 0 Å². The number of likely N-dealkylation sites (tertiary alicyclic amines) is 1. The first-order valence-electron chi connectivity index (χ1n) is 6.74. The molecule has 1 heterocycles. The summed E-state index contributed by atoms with van der Waals surface area (Å²) in [5, 5.41) is 11.6. The van der Waals surface area contributed by atoms with Gasteiger partial charge < -0.3 is 16.0 Å². The molecule has 20 heavy (non-hydrogen) atoms. The second-order valence-electron chi connectivity index (χ2n) is 5.92. The molecule has 0 radical (unpaired) electrons. The van der Waals surface area contributed by atoms with Gasteiger partial charge in [0.2, 0.25) is 0 Å². The Labute approximate surface area is 119 Å². The third kappa shape index (κ3) is 3.09. The minimum absolute atomic E-state index is 0.0692. The molecule has 0 saturated carbocycles. The quantitative estimate of drug-likeness (QED) is 0.821. The summed E-state index contributed by atoms with van der Waals surface area (Å²) in [4.78, 5) is 14.0. The molecule has 1 unspecified atom stereocenters. The van der Waals surface area contributed by atoms with Crippen LogP contribution in [0.3, 0.4) is 0 Å². The van der Waals surface area contributed by atoms with Crippen molar-refractivity contribution in [2.45, 2.75) is 26.3 Å². The number of rotatable bonds is 1. The van der Waals surface area contributed by atoms with E-state index in [9.17, 15) is 4.79 Å². The molecule has 1 aliphatic heterocycles. The maximum Gasteiger partial charge on any atom is 0.321 e. The highest BCUT2D eigenvalue weighted by Crippen LogP contribution is 2.28. The Morgan fingerprint density at radius 2 is 2.10 bits per heavy atom. The van der Waals surface area contributed by atoms with Gasteiger partial charge in [0, 0.05) is 24.8 Å². The van der Waals surface area contributed by atoms with Crippen LogP contribution in [0.5, 0.6) is 0 Å². The molecule has 1 aromatic carbocycles. The van der Waals surface area contributed by atoms with E-state index in [2.05, 4.69) is 19.2 Å². The molecule has 1 aromatic rings. The number of nitrogens with zero attached hydrogens (tertiary/aromatic N) is 2. The van der Waals surface area contributed by atoms with E-state index >= 15 is 0 Å². The number of piperidine rings is 1. The molecule has 106 valence electrons. The van der Waals surface area contributed by atoms with Gasteiger partial charge in [-0.05, 0) is 36.1 Å². The number of benzene rings is 1. The summed E-state index contributed by atoms with van der Waals surface area (Å²) >= 11 is 0. The average molecular weight is 272 g/mol. The molecule has 0 spiro atoms. The number of carbonyl (C=O) groups excluding carboxylic acids is 1. The maximum absolute atomic E-state index is 12.2. The normalized spacial score (nSPS) is 21.1. The van der Waals surface area contributed by atoms with Crippen molar-refractivity contribution in [1.82, 2.24) is 4.90 Å². The van der Waals surface area contributed by atoms with Gasteiger partial charge in [-0.25, -0.2) is 4.79 Å². The van der Waals surface area contributed by atoms with Gasteiger partial charge in [0.1, 0.15) is 0 Å². The number of carbonyl (C=O) groups is 1. The van der Waals surface area contributed by atoms with Crippen LogP contribution in [-0.2, 0) is 0 Å². The molecule has 1 aliphatic rings. The van der Waals surface area contributed by atoms with Crippen molar-refractivity contribution in [2.75, 3.05) is 18.4 Å². The van der Waals surface area contributed by atoms with E-state index in [0.717, 1.165) is 6.42 Å². The summed E-state index contributed by atoms with van der Waals surface area (Å²) in [5.41, 5.74) is 7.27. The van der Waals surface area contributed by atoms with E-state index in [-0.39, 0.29) is 17.5 Å². The first-order valence-corrected chi connectivity index (χ1v) is 6.74. The molecular formula is C15H20N4O. The minimum Gasteiger partial charge on any atom is -0.327 e. The molecule has 0 aliphatic carbocycles. The van der Waals surface area contributed by atoms with Gasteiger partial charge in [-0.1, -0.05) is 13.8 Å². The highest BCUT2D eigenvalue weighted by Gasteiger charge is 2.35. The maximum atomic E-state index is 12.2. The molecule has 1 fully saturated rings. The number of amides is 2. The Kier molecular flexibility index (Phi) is 3.96. The fraction of sp³-hybridized carbons (Fsp3) is 0.467. The first-order chi connectivity index (χ1) is 9.42. The fourth-order valence-electron chi connectivity index (χ4n) is 2.38. The lowest BCUT2D eigenvalue weighted by atomic mass is 9.80. The number of anilines is 1. The van der Waals surface area contributed by atoms with Gasteiger partial charge in [-0.3, -0.25) is 0 Å². The van der Waals surface area contributed by atoms with Gasteiger partial charge in [0.25, 0.3) is 0 Å². The average Bonchev–Trinajstić information content (AvgIpc) is 2.42. The third-order valence-electron chi connectivity index (χ3n) is 3.86. The van der Waals surface area contributed by atoms with E-state index in [4.69, 9.17) is 11.0 Å². The number of urea groups is 1. The van der Waals surface area contributed by atoms with Crippen molar-refractivity contribution in [1.29, 1.82) is 5.26 Å². The molecule has 5 heteroatoms. The number of hydrogen-bond donors (Lipinski definition) is 2. The Balaban J connectivity index is 2.00. The molecule has 2 rings (SSSR count). The van der Waals surface area contributed by atoms with Gasteiger partial charge in [-0.15, -0.1) is 0 Å². The van der Waals surface area contributed by atoms with Crippen LogP contribution >= 0.6 is 0 Å². The summed E-state index contributed by atoms with van der Waals surface area (Å²) < 4.78 is 0. The zero-order valence-corrected chi connectivity index (χ0v) is 11.9. The topological polar surface area (TPSA) is 82.2 Å². The van der Waals surface area contributed by atoms with Crippen LogP contribution in [0.2, 0.25) is 0 Å². The second-order valence-corrected chi connectivity index (χ2v) is 5.92. The summed E-state index contributed by atoms with van der Waals surface area (Å²) in [6, 6.07) is 8.90. The van der Waals surface area contributed by atoms with Crippen LogP contribution in [0.15, 0.2) is 24.3 Å². The largest absolute Gasteiger partial charge is 0.327 e. The highest BCUT2D eigenvalue weighted by atomic mass is 16.2. The second kappa shape index (κ2) is 5.51. The molecule has 5 nitrogen and oxygen atoms in total. The van der Waals surface area contributed by atoms with Crippen LogP contribution in [0.1, 0.15) is 25.8 Å². The van der Waals surface area contributed by atoms with Crippen LogP contribution in [0.25, 0.3) is 0 Å². The highest BCUT2D eigenvalue weighted by molar-refractivity contribution is 5.89. The summed E-state index contributed by atoms with van der Waals surface area (Å²) in [5.74, 6) is 0. The van der Waals surface area contributed by atoms with Crippen molar-refractivity contribution in [3.05, 3.63) is 29.8 Å². The number of nitrogens with two attached hydrogens (primary N) is 1. The summed E-state index contributed by atoms with van der Waals surface area (Å²) in [7, 11) is 0. The number of nitriles is 1. The van der Waals surface area contributed by atoms with E-state index in [1.165, 1.54) is 0 Å². The zero-order valence-electron chi connectivity index (χ0n) is 11.9. The van der Waals surface area contributed by atoms with Crippen molar-refractivity contribution in [2.24, 2.45) is 11.1 Å². The molecule has 0 aromatic heterocycles.